The Morgan fingerprint density at radius 1 is 1.19 bits per heavy atom. The fourth-order valence-corrected chi connectivity index (χ4v) is 3.42. The zero-order chi connectivity index (χ0) is 18.8. The Morgan fingerprint density at radius 2 is 1.88 bits per heavy atom. The van der Waals surface area contributed by atoms with Crippen molar-refractivity contribution in [2.24, 2.45) is 0 Å². The first-order chi connectivity index (χ1) is 12.4. The number of H-pyrrole nitrogens is 1. The van der Waals surface area contributed by atoms with E-state index in [9.17, 15) is 4.79 Å². The first-order valence-electron chi connectivity index (χ1n) is 8.60. The van der Waals surface area contributed by atoms with Crippen LogP contribution in [0.4, 0.5) is 0 Å². The largest absolute Gasteiger partial charge is 0.345 e. The van der Waals surface area contributed by atoms with E-state index < -0.39 is 0 Å². The van der Waals surface area contributed by atoms with E-state index in [1.165, 1.54) is 0 Å². The Kier molecular flexibility index (Phi) is 5.08. The molecule has 3 aromatic rings. The summed E-state index contributed by atoms with van der Waals surface area (Å²) in [6, 6.07) is 10.0. The molecule has 1 aromatic carbocycles. The highest BCUT2D eigenvalue weighted by Crippen LogP contribution is 2.21. The van der Waals surface area contributed by atoms with E-state index in [-0.39, 0.29) is 5.91 Å². The molecule has 2 heterocycles. The maximum Gasteiger partial charge on any atom is 0.253 e. The molecule has 2 N–H and O–H groups in total. The Morgan fingerprint density at radius 3 is 2.54 bits per heavy atom. The Hall–Kier alpha value is -2.67. The molecule has 7 heteroatoms. The highest BCUT2D eigenvalue weighted by molar-refractivity contribution is 7.71. The number of aromatic nitrogens is 4. The fraction of sp³-hybridized carbons (Fsp3) is 0.316. The van der Waals surface area contributed by atoms with Crippen molar-refractivity contribution in [1.82, 2.24) is 24.6 Å². The number of carbonyl (C=O) groups excluding carboxylic acids is 1. The molecule has 6 nitrogen and oxygen atoms in total. The van der Waals surface area contributed by atoms with Gasteiger partial charge in [0.15, 0.2) is 10.6 Å². The molecule has 1 amide bonds. The highest BCUT2D eigenvalue weighted by Gasteiger charge is 2.16. The second-order valence-corrected chi connectivity index (χ2v) is 6.73. The molecule has 0 fully saturated rings. The van der Waals surface area contributed by atoms with Gasteiger partial charge >= 0.3 is 0 Å². The summed E-state index contributed by atoms with van der Waals surface area (Å²) in [5, 5.41) is 9.94. The molecular formula is C19H23N5OS. The van der Waals surface area contributed by atoms with Crippen LogP contribution in [0, 0.1) is 25.5 Å². The summed E-state index contributed by atoms with van der Waals surface area (Å²) in [5.41, 5.74) is 4.74. The van der Waals surface area contributed by atoms with Gasteiger partial charge in [0, 0.05) is 17.9 Å². The van der Waals surface area contributed by atoms with Gasteiger partial charge < -0.3 is 14.5 Å². The number of carbonyl (C=O) groups is 1. The van der Waals surface area contributed by atoms with Crippen molar-refractivity contribution in [3.05, 3.63) is 63.4 Å². The third kappa shape index (κ3) is 3.35. The summed E-state index contributed by atoms with van der Waals surface area (Å²) in [6.45, 7) is 9.07. The molecule has 3 rings (SSSR count). The standard InChI is InChI=1S/C19H23N5OS/c1-5-23-17(21-22-19(23)26)11-20-18(25)15-10-12(2)6-9-16(15)24-13(3)7-8-14(24)4/h6-10H,5,11H2,1-4H3,(H,20,25)(H,22,26). The molecule has 2 aromatic heterocycles. The number of nitrogens with one attached hydrogen (secondary N) is 2. The monoisotopic (exact) mass is 369 g/mol. The van der Waals surface area contributed by atoms with Crippen LogP contribution < -0.4 is 5.32 Å². The zero-order valence-corrected chi connectivity index (χ0v) is 16.3. The van der Waals surface area contributed by atoms with E-state index in [4.69, 9.17) is 12.2 Å². The Bertz CT molecular complexity index is 992. The predicted octanol–water partition coefficient (Wildman–Crippen LogP) is 3.61. The number of amides is 1. The van der Waals surface area contributed by atoms with Gasteiger partial charge in [-0.25, -0.2) is 0 Å². The van der Waals surface area contributed by atoms with E-state index in [0.29, 0.717) is 29.2 Å². The van der Waals surface area contributed by atoms with Crippen LogP contribution in [0.3, 0.4) is 0 Å². The summed E-state index contributed by atoms with van der Waals surface area (Å²) in [4.78, 5) is 12.9. The molecule has 0 atom stereocenters. The quantitative estimate of drug-likeness (QED) is 0.675. The van der Waals surface area contributed by atoms with Crippen LogP contribution in [0.2, 0.25) is 0 Å². The van der Waals surface area contributed by atoms with E-state index in [2.05, 4.69) is 32.2 Å². The molecule has 0 aliphatic carbocycles. The molecule has 0 radical (unpaired) electrons. The van der Waals surface area contributed by atoms with Gasteiger partial charge in [0.1, 0.15) is 0 Å². The Labute approximate surface area is 157 Å². The van der Waals surface area contributed by atoms with Gasteiger partial charge in [0.2, 0.25) is 0 Å². The summed E-state index contributed by atoms with van der Waals surface area (Å²) in [7, 11) is 0. The van der Waals surface area contributed by atoms with Crippen molar-refractivity contribution >= 4 is 18.1 Å². The molecular weight excluding hydrogens is 346 g/mol. The molecule has 0 spiro atoms. The van der Waals surface area contributed by atoms with E-state index in [1.807, 2.05) is 50.5 Å². The third-order valence-corrected chi connectivity index (χ3v) is 4.78. The van der Waals surface area contributed by atoms with E-state index in [1.54, 1.807) is 0 Å². The van der Waals surface area contributed by atoms with Crippen molar-refractivity contribution < 1.29 is 4.79 Å². The second kappa shape index (κ2) is 7.29. The number of aromatic amines is 1. The lowest BCUT2D eigenvalue weighted by molar-refractivity contribution is 0.0949. The van der Waals surface area contributed by atoms with Gasteiger partial charge in [-0.05, 0) is 64.2 Å². The van der Waals surface area contributed by atoms with Gasteiger partial charge in [0.05, 0.1) is 17.8 Å². The molecule has 0 saturated carbocycles. The molecule has 0 aliphatic heterocycles. The lowest BCUT2D eigenvalue weighted by atomic mass is 10.1. The number of rotatable bonds is 5. The lowest BCUT2D eigenvalue weighted by Gasteiger charge is -2.15. The van der Waals surface area contributed by atoms with Crippen molar-refractivity contribution in [1.29, 1.82) is 0 Å². The normalized spacial score (nSPS) is 10.9. The average Bonchev–Trinajstić information content (AvgIpc) is 3.14. The minimum Gasteiger partial charge on any atom is -0.345 e. The average molecular weight is 369 g/mol. The lowest BCUT2D eigenvalue weighted by Crippen LogP contribution is -2.26. The topological polar surface area (TPSA) is 67.6 Å². The maximum absolute atomic E-state index is 12.9. The van der Waals surface area contributed by atoms with Crippen molar-refractivity contribution in [2.45, 2.75) is 40.8 Å². The van der Waals surface area contributed by atoms with Crippen LogP contribution >= 0.6 is 12.2 Å². The number of aryl methyl sites for hydroxylation is 3. The maximum atomic E-state index is 12.9. The van der Waals surface area contributed by atoms with Crippen LogP contribution in [0.25, 0.3) is 5.69 Å². The molecule has 0 bridgehead atoms. The molecule has 26 heavy (non-hydrogen) atoms. The van der Waals surface area contributed by atoms with E-state index in [0.717, 1.165) is 22.6 Å². The Balaban J connectivity index is 1.92. The molecule has 136 valence electrons. The minimum absolute atomic E-state index is 0.132. The minimum atomic E-state index is -0.132. The zero-order valence-electron chi connectivity index (χ0n) is 15.5. The number of hydrogen-bond acceptors (Lipinski definition) is 3. The predicted molar refractivity (Wildman–Crippen MR) is 104 cm³/mol. The number of nitrogens with zero attached hydrogens (tertiary/aromatic N) is 3. The first kappa shape index (κ1) is 18.1. The van der Waals surface area contributed by atoms with Crippen molar-refractivity contribution in [2.75, 3.05) is 0 Å². The van der Waals surface area contributed by atoms with Gasteiger partial charge in [-0.2, -0.15) is 5.10 Å². The first-order valence-corrected chi connectivity index (χ1v) is 9.01. The van der Waals surface area contributed by atoms with Crippen LogP contribution in [0.15, 0.2) is 30.3 Å². The van der Waals surface area contributed by atoms with Gasteiger partial charge in [-0.3, -0.25) is 9.89 Å². The van der Waals surface area contributed by atoms with Crippen LogP contribution in [0.5, 0.6) is 0 Å². The second-order valence-electron chi connectivity index (χ2n) is 6.34. The van der Waals surface area contributed by atoms with Gasteiger partial charge in [-0.15, -0.1) is 0 Å². The van der Waals surface area contributed by atoms with E-state index >= 15 is 0 Å². The highest BCUT2D eigenvalue weighted by atomic mass is 32.1. The summed E-state index contributed by atoms with van der Waals surface area (Å²) in [5.74, 6) is 0.584. The SMILES string of the molecule is CCn1c(CNC(=O)c2cc(C)ccc2-n2c(C)ccc2C)n[nH]c1=S. The summed E-state index contributed by atoms with van der Waals surface area (Å²) >= 11 is 5.19. The van der Waals surface area contributed by atoms with Crippen LogP contribution in [-0.4, -0.2) is 25.2 Å². The summed E-state index contributed by atoms with van der Waals surface area (Å²) in [6.07, 6.45) is 0. The van der Waals surface area contributed by atoms with Crippen molar-refractivity contribution in [3.63, 3.8) is 0 Å². The molecule has 0 unspecified atom stereocenters. The third-order valence-electron chi connectivity index (χ3n) is 4.47. The molecule has 0 aliphatic rings. The smallest absolute Gasteiger partial charge is 0.253 e. The fourth-order valence-electron chi connectivity index (χ4n) is 3.14. The number of benzene rings is 1. The molecule has 0 saturated heterocycles. The van der Waals surface area contributed by atoms with Crippen LogP contribution in [0.1, 0.15) is 40.1 Å². The number of hydrogen-bond donors (Lipinski definition) is 2. The van der Waals surface area contributed by atoms with Gasteiger partial charge in [-0.1, -0.05) is 11.6 Å². The van der Waals surface area contributed by atoms with Crippen LogP contribution in [-0.2, 0) is 13.1 Å². The van der Waals surface area contributed by atoms with Crippen molar-refractivity contribution in [3.8, 4) is 5.69 Å². The van der Waals surface area contributed by atoms with Gasteiger partial charge in [0.25, 0.3) is 5.91 Å². The summed E-state index contributed by atoms with van der Waals surface area (Å²) < 4.78 is 4.52.